The lowest BCUT2D eigenvalue weighted by atomic mass is 10.1. The van der Waals surface area contributed by atoms with Gasteiger partial charge in [0.15, 0.2) is 0 Å². The van der Waals surface area contributed by atoms with Crippen LogP contribution in [0.15, 0.2) is 23.7 Å². The van der Waals surface area contributed by atoms with E-state index >= 15 is 0 Å². The van der Waals surface area contributed by atoms with E-state index in [4.69, 9.17) is 0 Å². The number of aryl methyl sites for hydroxylation is 1. The molecular weight excluding hydrogens is 232 g/mol. The monoisotopic (exact) mass is 246 g/mol. The molecule has 88 valence electrons. The molecule has 0 aliphatic rings. The number of hydrogen-bond acceptors (Lipinski definition) is 4. The quantitative estimate of drug-likeness (QED) is 0.899. The zero-order valence-corrected chi connectivity index (χ0v) is 10.7. The first-order valence-electron chi connectivity index (χ1n) is 5.36. The molecule has 2 rings (SSSR count). The Morgan fingerprint density at radius 3 is 3.00 bits per heavy atom. The molecular formula is C12H14N4S. The van der Waals surface area contributed by atoms with Gasteiger partial charge in [0.1, 0.15) is 6.04 Å². The normalized spacial score (nSPS) is 12.3. The van der Waals surface area contributed by atoms with Gasteiger partial charge in [-0.2, -0.15) is 10.4 Å². The molecule has 0 spiro atoms. The van der Waals surface area contributed by atoms with Crippen LogP contribution in [-0.2, 0) is 13.6 Å². The summed E-state index contributed by atoms with van der Waals surface area (Å²) < 4.78 is 1.78. The highest BCUT2D eigenvalue weighted by atomic mass is 32.1. The molecule has 2 heterocycles. The van der Waals surface area contributed by atoms with Gasteiger partial charge >= 0.3 is 0 Å². The predicted molar refractivity (Wildman–Crippen MR) is 67.5 cm³/mol. The van der Waals surface area contributed by atoms with Crippen LogP contribution in [0.25, 0.3) is 0 Å². The average Bonchev–Trinajstić information content (AvgIpc) is 2.94. The smallest absolute Gasteiger partial charge is 0.124 e. The molecule has 0 bridgehead atoms. The fraction of sp³-hybridized carbons (Fsp3) is 0.333. The van der Waals surface area contributed by atoms with E-state index in [1.54, 1.807) is 22.2 Å². The van der Waals surface area contributed by atoms with Crippen molar-refractivity contribution in [3.8, 4) is 6.07 Å². The van der Waals surface area contributed by atoms with Crippen molar-refractivity contribution < 1.29 is 0 Å². The average molecular weight is 246 g/mol. The van der Waals surface area contributed by atoms with Gasteiger partial charge in [0.25, 0.3) is 0 Å². The molecule has 1 unspecified atom stereocenters. The van der Waals surface area contributed by atoms with Crippen LogP contribution in [0.5, 0.6) is 0 Å². The van der Waals surface area contributed by atoms with Gasteiger partial charge in [-0.1, -0.05) is 6.07 Å². The summed E-state index contributed by atoms with van der Waals surface area (Å²) in [4.78, 5) is 1.23. The molecule has 1 N–H and O–H groups in total. The molecule has 0 fully saturated rings. The van der Waals surface area contributed by atoms with Crippen LogP contribution < -0.4 is 5.32 Å². The van der Waals surface area contributed by atoms with Gasteiger partial charge in [0.2, 0.25) is 0 Å². The highest BCUT2D eigenvalue weighted by Crippen LogP contribution is 2.17. The number of nitrogens with one attached hydrogen (secondary N) is 1. The van der Waals surface area contributed by atoms with E-state index in [1.807, 2.05) is 25.4 Å². The van der Waals surface area contributed by atoms with Crippen LogP contribution in [0.3, 0.4) is 0 Å². The van der Waals surface area contributed by atoms with Crippen molar-refractivity contribution in [1.82, 2.24) is 15.1 Å². The molecule has 0 saturated carbocycles. The van der Waals surface area contributed by atoms with Crippen molar-refractivity contribution in [2.45, 2.75) is 19.5 Å². The summed E-state index contributed by atoms with van der Waals surface area (Å²) in [5.74, 6) is 0. The van der Waals surface area contributed by atoms with Crippen molar-refractivity contribution in [3.63, 3.8) is 0 Å². The first-order chi connectivity index (χ1) is 8.22. The Labute approximate surface area is 105 Å². The minimum atomic E-state index is -0.300. The Kier molecular flexibility index (Phi) is 3.57. The molecule has 0 radical (unpaired) electrons. The molecule has 4 nitrogen and oxygen atoms in total. The van der Waals surface area contributed by atoms with Gasteiger partial charge in [-0.15, -0.1) is 11.3 Å². The molecule has 5 heteroatoms. The van der Waals surface area contributed by atoms with E-state index in [1.165, 1.54) is 4.88 Å². The number of nitriles is 1. The van der Waals surface area contributed by atoms with Crippen molar-refractivity contribution in [1.29, 1.82) is 5.26 Å². The van der Waals surface area contributed by atoms with Gasteiger partial charge in [-0.3, -0.25) is 10.00 Å². The summed E-state index contributed by atoms with van der Waals surface area (Å²) in [5.41, 5.74) is 1.97. The van der Waals surface area contributed by atoms with E-state index in [-0.39, 0.29) is 6.04 Å². The molecule has 0 aromatic carbocycles. The fourth-order valence-electron chi connectivity index (χ4n) is 1.64. The van der Waals surface area contributed by atoms with E-state index < -0.39 is 0 Å². The number of hydrogen-bond donors (Lipinski definition) is 1. The molecule has 0 aliphatic heterocycles. The minimum Gasteiger partial charge on any atom is -0.293 e. The van der Waals surface area contributed by atoms with E-state index in [0.717, 1.165) is 11.3 Å². The van der Waals surface area contributed by atoms with Crippen molar-refractivity contribution in [3.05, 3.63) is 39.8 Å². The number of thiophene rings is 1. The van der Waals surface area contributed by atoms with Gasteiger partial charge < -0.3 is 0 Å². The van der Waals surface area contributed by atoms with Gasteiger partial charge in [-0.25, -0.2) is 0 Å². The lowest BCUT2D eigenvalue weighted by molar-refractivity contribution is 0.630. The predicted octanol–water partition coefficient (Wildman–Crippen LogP) is 2.14. The lowest BCUT2D eigenvalue weighted by Gasteiger charge is -2.10. The molecule has 17 heavy (non-hydrogen) atoms. The third-order valence-electron chi connectivity index (χ3n) is 2.77. The van der Waals surface area contributed by atoms with Crippen LogP contribution in [0.2, 0.25) is 0 Å². The minimum absolute atomic E-state index is 0.300. The highest BCUT2D eigenvalue weighted by molar-refractivity contribution is 7.09. The molecule has 0 saturated heterocycles. The Balaban J connectivity index is 2.07. The maximum absolute atomic E-state index is 9.20. The third kappa shape index (κ3) is 2.54. The second kappa shape index (κ2) is 5.13. The maximum atomic E-state index is 9.20. The standard InChI is InChI=1S/C12H14N4S/c1-9-11(8-15-16(9)2)12(6-13)14-7-10-4-3-5-17-10/h3-5,8,12,14H,7H2,1-2H3. The van der Waals surface area contributed by atoms with E-state index in [9.17, 15) is 5.26 Å². The zero-order chi connectivity index (χ0) is 12.3. The van der Waals surface area contributed by atoms with Gasteiger partial charge in [0, 0.05) is 29.7 Å². The Hall–Kier alpha value is -1.64. The van der Waals surface area contributed by atoms with Crippen molar-refractivity contribution in [2.24, 2.45) is 7.05 Å². The van der Waals surface area contributed by atoms with Gasteiger partial charge in [-0.05, 0) is 18.4 Å². The van der Waals surface area contributed by atoms with Crippen LogP contribution >= 0.6 is 11.3 Å². The number of nitrogens with zero attached hydrogens (tertiary/aromatic N) is 3. The van der Waals surface area contributed by atoms with Crippen LogP contribution in [-0.4, -0.2) is 9.78 Å². The number of rotatable bonds is 4. The summed E-state index contributed by atoms with van der Waals surface area (Å²) in [6.07, 6.45) is 1.75. The molecule has 2 aromatic rings. The Morgan fingerprint density at radius 2 is 2.47 bits per heavy atom. The molecule has 2 aromatic heterocycles. The summed E-state index contributed by atoms with van der Waals surface area (Å²) >= 11 is 1.69. The second-order valence-corrected chi connectivity index (χ2v) is 4.86. The molecule has 0 aliphatic carbocycles. The Bertz CT molecular complexity index is 521. The van der Waals surface area contributed by atoms with Crippen LogP contribution in [0, 0.1) is 18.3 Å². The van der Waals surface area contributed by atoms with E-state index in [0.29, 0.717) is 6.54 Å². The summed E-state index contributed by atoms with van der Waals surface area (Å²) in [6, 6.07) is 6.04. The zero-order valence-electron chi connectivity index (χ0n) is 9.84. The van der Waals surface area contributed by atoms with Crippen molar-refractivity contribution in [2.75, 3.05) is 0 Å². The highest BCUT2D eigenvalue weighted by Gasteiger charge is 2.15. The summed E-state index contributed by atoms with van der Waals surface area (Å²) in [7, 11) is 1.88. The topological polar surface area (TPSA) is 53.6 Å². The lowest BCUT2D eigenvalue weighted by Crippen LogP contribution is -2.19. The van der Waals surface area contributed by atoms with Crippen LogP contribution in [0.4, 0.5) is 0 Å². The summed E-state index contributed by atoms with van der Waals surface area (Å²) in [6.45, 7) is 2.68. The van der Waals surface area contributed by atoms with E-state index in [2.05, 4.69) is 22.6 Å². The molecule has 0 amide bonds. The SMILES string of the molecule is Cc1c(C(C#N)NCc2cccs2)cnn1C. The third-order valence-corrected chi connectivity index (χ3v) is 3.65. The maximum Gasteiger partial charge on any atom is 0.124 e. The van der Waals surface area contributed by atoms with Crippen LogP contribution in [0.1, 0.15) is 22.2 Å². The Morgan fingerprint density at radius 1 is 1.65 bits per heavy atom. The molecule has 1 atom stereocenters. The number of aromatic nitrogens is 2. The largest absolute Gasteiger partial charge is 0.293 e. The first-order valence-corrected chi connectivity index (χ1v) is 6.24. The van der Waals surface area contributed by atoms with Gasteiger partial charge in [0.05, 0.1) is 12.3 Å². The van der Waals surface area contributed by atoms with Crippen molar-refractivity contribution >= 4 is 11.3 Å². The summed E-state index contributed by atoms with van der Waals surface area (Å²) in [5, 5.41) is 18.6. The first kappa shape index (κ1) is 11.8. The fourth-order valence-corrected chi connectivity index (χ4v) is 2.30. The second-order valence-electron chi connectivity index (χ2n) is 3.83.